The summed E-state index contributed by atoms with van der Waals surface area (Å²) < 4.78 is 0.591. The van der Waals surface area contributed by atoms with Gasteiger partial charge in [-0.25, -0.2) is 9.59 Å². The van der Waals surface area contributed by atoms with Gasteiger partial charge in [-0.1, -0.05) is 6.07 Å². The number of fused-ring (bicyclic) bond motifs is 1. The molecule has 0 aliphatic heterocycles. The fourth-order valence-electron chi connectivity index (χ4n) is 2.37. The normalized spacial score (nSPS) is 10.7. The summed E-state index contributed by atoms with van der Waals surface area (Å²) in [6.07, 6.45) is -1.41. The second-order valence-corrected chi connectivity index (χ2v) is 4.88. The number of nitrogens with zero attached hydrogens (tertiary/aromatic N) is 3. The van der Waals surface area contributed by atoms with E-state index in [0.29, 0.717) is 15.8 Å². The molecule has 0 saturated carbocycles. The Morgan fingerprint density at radius 1 is 1.04 bits per heavy atom. The predicted octanol–water partition coefficient (Wildman–Crippen LogP) is 2.84. The molecule has 0 amide bonds. The molecular formula is C15H9N3O6. The maximum Gasteiger partial charge on any atom is 0.432 e. The number of carbonyl (C=O) groups is 2. The molecule has 3 rings (SSSR count). The highest BCUT2D eigenvalue weighted by molar-refractivity contribution is 6.04. The third-order valence-corrected chi connectivity index (χ3v) is 3.48. The van der Waals surface area contributed by atoms with Gasteiger partial charge in [-0.05, 0) is 35.4 Å². The Balaban J connectivity index is 2.17. The first-order valence-corrected chi connectivity index (χ1v) is 6.62. The quantitative estimate of drug-likeness (QED) is 0.557. The van der Waals surface area contributed by atoms with Gasteiger partial charge in [0.2, 0.25) is 0 Å². The lowest BCUT2D eigenvalue weighted by Gasteiger charge is -2.03. The molecule has 0 saturated heterocycles. The average molecular weight is 327 g/mol. The Morgan fingerprint density at radius 3 is 2.21 bits per heavy atom. The summed E-state index contributed by atoms with van der Waals surface area (Å²) in [5, 5.41) is 32.7. The molecule has 0 bridgehead atoms. The standard InChI is InChI=1S/C15H9N3O6/c19-14(20)13-11-6-3-9(7-12(11)17(16-13)15(21)22)8-1-4-10(5-2-8)18(23)24/h1-7H,(H,19,20)(H,21,22). The molecule has 24 heavy (non-hydrogen) atoms. The molecule has 2 aromatic carbocycles. The van der Waals surface area contributed by atoms with Gasteiger partial charge in [-0.15, -0.1) is 0 Å². The number of carboxylic acids is 1. The highest BCUT2D eigenvalue weighted by Gasteiger charge is 2.20. The largest absolute Gasteiger partial charge is 0.476 e. The SMILES string of the molecule is O=C(O)c1nn(C(=O)O)c2cc(-c3ccc([N+](=O)[O-])cc3)ccc12. The topological polar surface area (TPSA) is 136 Å². The Hall–Kier alpha value is -3.75. The van der Waals surface area contributed by atoms with Crippen LogP contribution in [0, 0.1) is 10.1 Å². The number of aromatic carboxylic acids is 1. The van der Waals surface area contributed by atoms with Gasteiger partial charge in [0.15, 0.2) is 5.69 Å². The van der Waals surface area contributed by atoms with Gasteiger partial charge in [0.25, 0.3) is 5.69 Å². The molecule has 0 spiro atoms. The summed E-state index contributed by atoms with van der Waals surface area (Å²) in [6.45, 7) is 0. The van der Waals surface area contributed by atoms with E-state index < -0.39 is 17.0 Å². The Kier molecular flexibility index (Phi) is 3.45. The summed E-state index contributed by atoms with van der Waals surface area (Å²) >= 11 is 0. The molecule has 9 heteroatoms. The number of rotatable bonds is 3. The molecule has 0 aliphatic carbocycles. The summed E-state index contributed by atoms with van der Waals surface area (Å²) in [4.78, 5) is 32.6. The molecule has 120 valence electrons. The molecule has 0 atom stereocenters. The first-order chi connectivity index (χ1) is 11.4. The zero-order valence-corrected chi connectivity index (χ0v) is 11.9. The van der Waals surface area contributed by atoms with Gasteiger partial charge < -0.3 is 10.2 Å². The van der Waals surface area contributed by atoms with Crippen molar-refractivity contribution in [3.8, 4) is 11.1 Å². The van der Waals surface area contributed by atoms with Crippen LogP contribution in [-0.2, 0) is 0 Å². The third kappa shape index (κ3) is 2.43. The molecule has 0 aliphatic rings. The first kappa shape index (κ1) is 15.2. The number of hydrogen-bond donors (Lipinski definition) is 2. The van der Waals surface area contributed by atoms with Crippen molar-refractivity contribution in [1.82, 2.24) is 9.78 Å². The van der Waals surface area contributed by atoms with E-state index in [1.165, 1.54) is 36.4 Å². The van der Waals surface area contributed by atoms with Crippen LogP contribution >= 0.6 is 0 Å². The fourth-order valence-corrected chi connectivity index (χ4v) is 2.37. The van der Waals surface area contributed by atoms with Crippen molar-refractivity contribution in [3.63, 3.8) is 0 Å². The van der Waals surface area contributed by atoms with E-state index in [9.17, 15) is 19.7 Å². The molecule has 0 radical (unpaired) electrons. The highest BCUT2D eigenvalue weighted by Crippen LogP contribution is 2.27. The number of carboxylic acid groups (broad SMARTS) is 2. The van der Waals surface area contributed by atoms with Crippen LogP contribution in [0.15, 0.2) is 42.5 Å². The Morgan fingerprint density at radius 2 is 1.67 bits per heavy atom. The predicted molar refractivity (Wildman–Crippen MR) is 82.2 cm³/mol. The number of hydrogen-bond acceptors (Lipinski definition) is 5. The van der Waals surface area contributed by atoms with E-state index in [1.807, 2.05) is 0 Å². The Bertz CT molecular complexity index is 990. The average Bonchev–Trinajstić information content (AvgIpc) is 2.94. The van der Waals surface area contributed by atoms with E-state index in [1.54, 1.807) is 6.07 Å². The van der Waals surface area contributed by atoms with Gasteiger partial charge in [-0.2, -0.15) is 9.78 Å². The molecule has 9 nitrogen and oxygen atoms in total. The zero-order chi connectivity index (χ0) is 17.4. The summed E-state index contributed by atoms with van der Waals surface area (Å²) in [6, 6.07) is 10.3. The second-order valence-electron chi connectivity index (χ2n) is 4.88. The van der Waals surface area contributed by atoms with Crippen LogP contribution in [0.25, 0.3) is 22.0 Å². The van der Waals surface area contributed by atoms with Gasteiger partial charge in [0.1, 0.15) is 0 Å². The number of non-ortho nitro benzene ring substituents is 1. The Labute approximate surface area is 133 Å². The number of benzene rings is 2. The van der Waals surface area contributed by atoms with E-state index in [4.69, 9.17) is 10.2 Å². The van der Waals surface area contributed by atoms with Crippen LogP contribution in [0.4, 0.5) is 10.5 Å². The van der Waals surface area contributed by atoms with Crippen molar-refractivity contribution in [2.24, 2.45) is 0 Å². The van der Waals surface area contributed by atoms with E-state index in [0.717, 1.165) is 0 Å². The van der Waals surface area contributed by atoms with Crippen LogP contribution in [0.3, 0.4) is 0 Å². The monoisotopic (exact) mass is 327 g/mol. The minimum atomic E-state index is -1.41. The van der Waals surface area contributed by atoms with Crippen LogP contribution in [0.1, 0.15) is 10.5 Å². The van der Waals surface area contributed by atoms with Gasteiger partial charge in [-0.3, -0.25) is 10.1 Å². The molecule has 0 unspecified atom stereocenters. The maximum atomic E-state index is 11.3. The zero-order valence-electron chi connectivity index (χ0n) is 11.9. The smallest absolute Gasteiger partial charge is 0.432 e. The van der Waals surface area contributed by atoms with E-state index in [-0.39, 0.29) is 22.3 Å². The molecule has 2 N–H and O–H groups in total. The molecule has 0 fully saturated rings. The molecular weight excluding hydrogens is 318 g/mol. The van der Waals surface area contributed by atoms with Crippen molar-refractivity contribution in [3.05, 3.63) is 58.3 Å². The minimum Gasteiger partial charge on any atom is -0.476 e. The lowest BCUT2D eigenvalue weighted by molar-refractivity contribution is -0.384. The highest BCUT2D eigenvalue weighted by atomic mass is 16.6. The number of aromatic nitrogens is 2. The number of nitro benzene ring substituents is 1. The summed E-state index contributed by atoms with van der Waals surface area (Å²) in [7, 11) is 0. The maximum absolute atomic E-state index is 11.3. The fraction of sp³-hybridized carbons (Fsp3) is 0. The van der Waals surface area contributed by atoms with Crippen LogP contribution in [0.5, 0.6) is 0 Å². The number of nitro groups is 1. The summed E-state index contributed by atoms with van der Waals surface area (Å²) in [5.41, 5.74) is 0.899. The van der Waals surface area contributed by atoms with Crippen molar-refractivity contribution in [2.75, 3.05) is 0 Å². The van der Waals surface area contributed by atoms with Crippen LogP contribution < -0.4 is 0 Å². The third-order valence-electron chi connectivity index (χ3n) is 3.48. The lowest BCUT2D eigenvalue weighted by Crippen LogP contribution is -2.10. The van der Waals surface area contributed by atoms with E-state index in [2.05, 4.69) is 5.10 Å². The van der Waals surface area contributed by atoms with E-state index >= 15 is 0 Å². The van der Waals surface area contributed by atoms with Crippen LogP contribution in [-0.4, -0.2) is 37.0 Å². The molecule has 1 aromatic heterocycles. The first-order valence-electron chi connectivity index (χ1n) is 6.62. The van der Waals surface area contributed by atoms with Gasteiger partial charge in [0, 0.05) is 17.5 Å². The molecule has 3 aromatic rings. The summed E-state index contributed by atoms with van der Waals surface area (Å²) in [5.74, 6) is -1.33. The second kappa shape index (κ2) is 5.47. The van der Waals surface area contributed by atoms with Crippen LogP contribution in [0.2, 0.25) is 0 Å². The van der Waals surface area contributed by atoms with Crippen molar-refractivity contribution in [2.45, 2.75) is 0 Å². The van der Waals surface area contributed by atoms with Crippen molar-refractivity contribution >= 4 is 28.7 Å². The molecule has 1 heterocycles. The lowest BCUT2D eigenvalue weighted by atomic mass is 10.0. The van der Waals surface area contributed by atoms with Crippen molar-refractivity contribution < 1.29 is 24.7 Å². The van der Waals surface area contributed by atoms with Gasteiger partial charge in [0.05, 0.1) is 10.4 Å². The van der Waals surface area contributed by atoms with Gasteiger partial charge >= 0.3 is 12.1 Å². The van der Waals surface area contributed by atoms with Crippen molar-refractivity contribution in [1.29, 1.82) is 0 Å². The minimum absolute atomic E-state index is 0.0661.